The number of halogens is 1. The van der Waals surface area contributed by atoms with Gasteiger partial charge in [0.25, 0.3) is 0 Å². The van der Waals surface area contributed by atoms with Gasteiger partial charge in [-0.3, -0.25) is 5.10 Å². The first kappa shape index (κ1) is 22.7. The second kappa shape index (κ2) is 9.29. The van der Waals surface area contributed by atoms with Gasteiger partial charge in [-0.05, 0) is 41.3 Å². The van der Waals surface area contributed by atoms with E-state index in [1.165, 1.54) is 18.4 Å². The molecule has 1 atom stereocenters. The third-order valence-electron chi connectivity index (χ3n) is 5.52. The molecule has 35 heavy (non-hydrogen) atoms. The van der Waals surface area contributed by atoms with E-state index in [0.29, 0.717) is 27.4 Å². The fraction of sp³-hybridized carbons (Fsp3) is 0.0800. The second-order valence-corrected chi connectivity index (χ2v) is 9.39. The summed E-state index contributed by atoms with van der Waals surface area (Å²) in [5, 5.41) is 19.1. The number of nitrogens with zero attached hydrogens (tertiary/aromatic N) is 2. The van der Waals surface area contributed by atoms with Crippen LogP contribution >= 0.6 is 27.3 Å². The van der Waals surface area contributed by atoms with E-state index in [1.807, 2.05) is 24.3 Å². The van der Waals surface area contributed by atoms with Crippen LogP contribution in [0.3, 0.4) is 0 Å². The molecule has 0 bridgehead atoms. The Morgan fingerprint density at radius 3 is 2.71 bits per heavy atom. The Balaban J connectivity index is 1.59. The minimum Gasteiger partial charge on any atom is -0.493 e. The molecular weight excluding hydrogens is 532 g/mol. The van der Waals surface area contributed by atoms with Crippen LogP contribution in [-0.2, 0) is 0 Å². The maximum absolute atomic E-state index is 12.5. The van der Waals surface area contributed by atoms with Gasteiger partial charge in [-0.15, -0.1) is 16.4 Å². The number of ether oxygens (including phenoxy) is 3. The zero-order valence-corrected chi connectivity index (χ0v) is 20.6. The van der Waals surface area contributed by atoms with Crippen molar-refractivity contribution in [1.29, 1.82) is 5.26 Å². The minimum atomic E-state index is -0.586. The van der Waals surface area contributed by atoms with Crippen LogP contribution in [0.1, 0.15) is 26.7 Å². The van der Waals surface area contributed by atoms with Gasteiger partial charge in [0.1, 0.15) is 16.5 Å². The van der Waals surface area contributed by atoms with Crippen molar-refractivity contribution >= 4 is 33.2 Å². The SMILES string of the molecule is COc1cc([C@H]2C(C#N)=C(N)Oc3n[nH]c(-c4ccc(Br)cc4)c32)ccc1OC(=O)c1cccs1. The van der Waals surface area contributed by atoms with Crippen LogP contribution in [0.2, 0.25) is 0 Å². The summed E-state index contributed by atoms with van der Waals surface area (Å²) in [6, 6.07) is 18.4. The molecule has 1 aliphatic heterocycles. The summed E-state index contributed by atoms with van der Waals surface area (Å²) in [6.07, 6.45) is 0. The van der Waals surface area contributed by atoms with Crippen LogP contribution in [0.5, 0.6) is 17.4 Å². The lowest BCUT2D eigenvalue weighted by Crippen LogP contribution is -2.21. The number of nitrogens with one attached hydrogen (secondary N) is 1. The molecular formula is C25H17BrN4O4S. The number of hydrogen-bond acceptors (Lipinski definition) is 8. The Morgan fingerprint density at radius 1 is 1.23 bits per heavy atom. The average molecular weight is 549 g/mol. The molecule has 0 fully saturated rings. The van der Waals surface area contributed by atoms with E-state index < -0.39 is 11.9 Å². The van der Waals surface area contributed by atoms with Gasteiger partial charge in [0.05, 0.1) is 24.3 Å². The number of allylic oxidation sites excluding steroid dienone is 1. The molecule has 0 radical (unpaired) electrons. The molecule has 0 aliphatic carbocycles. The van der Waals surface area contributed by atoms with E-state index in [2.05, 4.69) is 32.2 Å². The zero-order chi connectivity index (χ0) is 24.5. The first-order valence-corrected chi connectivity index (χ1v) is 12.0. The fourth-order valence-corrected chi connectivity index (χ4v) is 4.77. The lowest BCUT2D eigenvalue weighted by Gasteiger charge is -2.24. The van der Waals surface area contributed by atoms with Crippen LogP contribution in [0.15, 0.2) is 75.9 Å². The van der Waals surface area contributed by atoms with Crippen molar-refractivity contribution in [2.75, 3.05) is 7.11 Å². The van der Waals surface area contributed by atoms with E-state index >= 15 is 0 Å². The minimum absolute atomic E-state index is 0.0222. The topological polar surface area (TPSA) is 123 Å². The summed E-state index contributed by atoms with van der Waals surface area (Å²) in [5.74, 6) is -0.198. The van der Waals surface area contributed by atoms with Crippen LogP contribution in [-0.4, -0.2) is 23.3 Å². The summed E-state index contributed by atoms with van der Waals surface area (Å²) in [4.78, 5) is 12.9. The van der Waals surface area contributed by atoms with Gasteiger partial charge < -0.3 is 19.9 Å². The van der Waals surface area contributed by atoms with E-state index in [0.717, 1.165) is 10.0 Å². The Hall–Kier alpha value is -4.07. The van der Waals surface area contributed by atoms with E-state index in [9.17, 15) is 10.1 Å². The lowest BCUT2D eigenvalue weighted by atomic mass is 9.83. The largest absolute Gasteiger partial charge is 0.493 e. The Morgan fingerprint density at radius 2 is 2.03 bits per heavy atom. The second-order valence-electron chi connectivity index (χ2n) is 7.53. The maximum atomic E-state index is 12.5. The number of thiophene rings is 1. The number of carbonyl (C=O) groups excluding carboxylic acids is 1. The summed E-state index contributed by atoms with van der Waals surface area (Å²) in [5.41, 5.74) is 9.26. The third kappa shape index (κ3) is 4.16. The fourth-order valence-electron chi connectivity index (χ4n) is 3.91. The molecule has 8 nitrogen and oxygen atoms in total. The van der Waals surface area contributed by atoms with Gasteiger partial charge >= 0.3 is 5.97 Å². The van der Waals surface area contributed by atoms with Gasteiger partial charge in [0.2, 0.25) is 11.8 Å². The molecule has 5 rings (SSSR count). The summed E-state index contributed by atoms with van der Waals surface area (Å²) < 4.78 is 17.7. The summed E-state index contributed by atoms with van der Waals surface area (Å²) in [6.45, 7) is 0. The molecule has 2 aromatic heterocycles. The van der Waals surface area contributed by atoms with Crippen molar-refractivity contribution in [2.45, 2.75) is 5.92 Å². The summed E-state index contributed by atoms with van der Waals surface area (Å²) >= 11 is 4.73. The van der Waals surface area contributed by atoms with Gasteiger partial charge in [0, 0.05) is 10.0 Å². The number of H-pyrrole nitrogens is 1. The number of aromatic nitrogens is 2. The molecule has 10 heteroatoms. The number of esters is 1. The number of hydrogen-bond donors (Lipinski definition) is 2. The van der Waals surface area contributed by atoms with Crippen LogP contribution < -0.4 is 19.9 Å². The molecule has 0 saturated heterocycles. The quantitative estimate of drug-likeness (QED) is 0.254. The van der Waals surface area contributed by atoms with Crippen LogP contribution in [0.25, 0.3) is 11.3 Å². The van der Waals surface area contributed by atoms with Gasteiger partial charge in [-0.2, -0.15) is 5.26 Å². The Bertz CT molecular complexity index is 1490. The number of methoxy groups -OCH3 is 1. The van der Waals surface area contributed by atoms with Crippen molar-refractivity contribution in [3.8, 4) is 34.7 Å². The van der Waals surface area contributed by atoms with Gasteiger partial charge in [-0.25, -0.2) is 4.79 Å². The summed E-state index contributed by atoms with van der Waals surface area (Å²) in [7, 11) is 1.48. The standard InChI is InChI=1S/C25H17BrN4O4S/c1-32-18-11-14(6-9-17(18)33-25(31)19-3-2-10-35-19)20-16(12-27)23(28)34-24-21(20)22(29-30-24)13-4-7-15(26)8-5-13/h2-11,20H,28H2,1H3,(H,29,30)/t20-/m0/s1. The molecule has 0 unspecified atom stereocenters. The zero-order valence-electron chi connectivity index (χ0n) is 18.2. The van der Waals surface area contributed by atoms with E-state index in [-0.39, 0.29) is 23.1 Å². The third-order valence-corrected chi connectivity index (χ3v) is 6.90. The van der Waals surface area contributed by atoms with Crippen molar-refractivity contribution < 1.29 is 19.0 Å². The highest BCUT2D eigenvalue weighted by atomic mass is 79.9. The first-order chi connectivity index (χ1) is 17.0. The maximum Gasteiger partial charge on any atom is 0.353 e. The van der Waals surface area contributed by atoms with Crippen molar-refractivity contribution in [3.63, 3.8) is 0 Å². The molecule has 3 heterocycles. The first-order valence-electron chi connectivity index (χ1n) is 10.4. The molecule has 1 aliphatic rings. The molecule has 0 spiro atoms. The Kier molecular flexibility index (Phi) is 6.03. The molecule has 2 aromatic carbocycles. The molecule has 3 N–H and O–H groups in total. The molecule has 4 aromatic rings. The highest BCUT2D eigenvalue weighted by Gasteiger charge is 2.36. The highest BCUT2D eigenvalue weighted by molar-refractivity contribution is 9.10. The van der Waals surface area contributed by atoms with Crippen molar-refractivity contribution in [1.82, 2.24) is 10.2 Å². The predicted molar refractivity (Wildman–Crippen MR) is 133 cm³/mol. The smallest absolute Gasteiger partial charge is 0.353 e. The number of nitriles is 1. The van der Waals surface area contributed by atoms with Crippen molar-refractivity contribution in [3.05, 3.63) is 91.9 Å². The monoisotopic (exact) mass is 548 g/mol. The molecule has 0 saturated carbocycles. The van der Waals surface area contributed by atoms with Crippen molar-refractivity contribution in [2.24, 2.45) is 5.73 Å². The number of rotatable bonds is 5. The number of carbonyl (C=O) groups is 1. The Labute approximate surface area is 212 Å². The average Bonchev–Trinajstić information content (AvgIpc) is 3.54. The van der Waals surface area contributed by atoms with Gasteiger partial charge in [-0.1, -0.05) is 40.2 Å². The van der Waals surface area contributed by atoms with Crippen LogP contribution in [0, 0.1) is 11.3 Å². The predicted octanol–water partition coefficient (Wildman–Crippen LogP) is 5.35. The highest BCUT2D eigenvalue weighted by Crippen LogP contribution is 2.47. The normalized spacial score (nSPS) is 14.6. The van der Waals surface area contributed by atoms with Gasteiger partial charge in [0.15, 0.2) is 11.5 Å². The number of benzene rings is 2. The number of fused-ring (bicyclic) bond motifs is 1. The number of aromatic amines is 1. The lowest BCUT2D eigenvalue weighted by molar-refractivity contribution is 0.0734. The number of nitrogens with two attached hydrogens (primary N) is 1. The molecule has 174 valence electrons. The molecule has 0 amide bonds. The van der Waals surface area contributed by atoms with Crippen LogP contribution in [0.4, 0.5) is 0 Å². The van der Waals surface area contributed by atoms with E-state index in [4.69, 9.17) is 19.9 Å². The van der Waals surface area contributed by atoms with E-state index in [1.54, 1.807) is 35.7 Å².